The number of benzene rings is 1. The largest absolute Gasteiger partial charge is 0.370 e. The summed E-state index contributed by atoms with van der Waals surface area (Å²) in [4.78, 5) is 23.5. The zero-order valence-corrected chi connectivity index (χ0v) is 18.6. The minimum absolute atomic E-state index is 0.00275. The highest BCUT2D eigenvalue weighted by molar-refractivity contribution is 5.79. The van der Waals surface area contributed by atoms with Crippen molar-refractivity contribution < 1.29 is 4.79 Å². The molecule has 1 saturated heterocycles. The topological polar surface area (TPSA) is 75.9 Å². The van der Waals surface area contributed by atoms with Gasteiger partial charge in [0.15, 0.2) is 0 Å². The fourth-order valence-corrected chi connectivity index (χ4v) is 4.20. The molecular weight excluding hydrogens is 388 g/mol. The van der Waals surface area contributed by atoms with Gasteiger partial charge in [-0.1, -0.05) is 44.2 Å². The summed E-state index contributed by atoms with van der Waals surface area (Å²) < 4.78 is 1.94. The average Bonchev–Trinajstić information content (AvgIpc) is 3.30. The fraction of sp³-hybridized carbons (Fsp3) is 0.417. The van der Waals surface area contributed by atoms with Crippen molar-refractivity contribution >= 4 is 11.7 Å². The first-order valence-corrected chi connectivity index (χ1v) is 10.8. The smallest absolute Gasteiger partial charge is 0.223 e. The van der Waals surface area contributed by atoms with Crippen LogP contribution in [0.3, 0.4) is 0 Å². The van der Waals surface area contributed by atoms with Crippen molar-refractivity contribution in [1.82, 2.24) is 24.6 Å². The molecule has 3 heterocycles. The molecule has 7 heteroatoms. The number of carbonyl (C=O) groups excluding carboxylic acids is 1. The molecular formula is C24H30N6O. The van der Waals surface area contributed by atoms with Gasteiger partial charge in [-0.3, -0.25) is 9.48 Å². The van der Waals surface area contributed by atoms with Gasteiger partial charge in [-0.05, 0) is 12.5 Å². The van der Waals surface area contributed by atoms with Crippen LogP contribution in [0.1, 0.15) is 54.9 Å². The molecule has 31 heavy (non-hydrogen) atoms. The van der Waals surface area contributed by atoms with E-state index in [1.165, 1.54) is 5.56 Å². The van der Waals surface area contributed by atoms with Crippen molar-refractivity contribution in [3.05, 3.63) is 71.4 Å². The molecule has 3 aromatic rings. The van der Waals surface area contributed by atoms with Gasteiger partial charge in [-0.25, -0.2) is 9.97 Å². The SMILES string of the molecule is Cc1cc(NC[C@@H]2CC(=O)N(C)[C@H]2c2cnn(Cc3ccccc3)c2)nc(C(C)C)n1. The molecule has 4 rings (SSSR count). The van der Waals surface area contributed by atoms with E-state index in [4.69, 9.17) is 0 Å². The lowest BCUT2D eigenvalue weighted by atomic mass is 9.95. The molecule has 2 atom stereocenters. The minimum Gasteiger partial charge on any atom is -0.370 e. The van der Waals surface area contributed by atoms with Crippen molar-refractivity contribution in [3.8, 4) is 0 Å². The van der Waals surface area contributed by atoms with E-state index in [0.717, 1.165) is 22.9 Å². The maximum Gasteiger partial charge on any atom is 0.223 e. The third kappa shape index (κ3) is 4.76. The van der Waals surface area contributed by atoms with Gasteiger partial charge in [0.1, 0.15) is 11.6 Å². The Morgan fingerprint density at radius 3 is 2.71 bits per heavy atom. The van der Waals surface area contributed by atoms with Crippen molar-refractivity contribution in [3.63, 3.8) is 0 Å². The summed E-state index contributed by atoms with van der Waals surface area (Å²) in [5, 5.41) is 8.00. The van der Waals surface area contributed by atoms with Gasteiger partial charge in [0.2, 0.25) is 5.91 Å². The number of amides is 1. The third-order valence-corrected chi connectivity index (χ3v) is 5.81. The van der Waals surface area contributed by atoms with Crippen LogP contribution in [-0.4, -0.2) is 44.1 Å². The highest BCUT2D eigenvalue weighted by Crippen LogP contribution is 2.37. The summed E-state index contributed by atoms with van der Waals surface area (Å²) in [5.41, 5.74) is 3.21. The van der Waals surface area contributed by atoms with Crippen LogP contribution >= 0.6 is 0 Å². The van der Waals surface area contributed by atoms with E-state index in [2.05, 4.69) is 52.6 Å². The molecule has 0 spiro atoms. The van der Waals surface area contributed by atoms with Crippen LogP contribution in [0.4, 0.5) is 5.82 Å². The Morgan fingerprint density at radius 2 is 1.97 bits per heavy atom. The average molecular weight is 419 g/mol. The molecule has 1 amide bonds. The molecule has 0 unspecified atom stereocenters. The van der Waals surface area contributed by atoms with Gasteiger partial charge in [-0.2, -0.15) is 5.10 Å². The normalized spacial score (nSPS) is 18.7. The number of nitrogens with zero attached hydrogens (tertiary/aromatic N) is 5. The van der Waals surface area contributed by atoms with Crippen molar-refractivity contribution in [2.45, 2.75) is 45.7 Å². The number of carbonyl (C=O) groups is 1. The van der Waals surface area contributed by atoms with Gasteiger partial charge < -0.3 is 10.2 Å². The summed E-state index contributed by atoms with van der Waals surface area (Å²) in [6.45, 7) is 7.54. The lowest BCUT2D eigenvalue weighted by molar-refractivity contribution is -0.127. The number of anilines is 1. The van der Waals surface area contributed by atoms with E-state index in [1.807, 2.05) is 54.0 Å². The molecule has 0 aliphatic carbocycles. The standard InChI is InChI=1S/C24H30N6O/c1-16(2)24-27-17(3)10-21(28-24)25-12-19-11-22(31)29(4)23(19)20-13-26-30(15-20)14-18-8-6-5-7-9-18/h5-10,13,15-16,19,23H,11-12,14H2,1-4H3,(H,25,27,28)/t19-,23+/m0/s1. The fourth-order valence-electron chi connectivity index (χ4n) is 4.20. The van der Waals surface area contributed by atoms with Crippen LogP contribution in [0.2, 0.25) is 0 Å². The van der Waals surface area contributed by atoms with Crippen LogP contribution in [-0.2, 0) is 11.3 Å². The van der Waals surface area contributed by atoms with E-state index in [0.29, 0.717) is 19.5 Å². The quantitative estimate of drug-likeness (QED) is 0.632. The molecule has 2 aromatic heterocycles. The minimum atomic E-state index is -0.00275. The number of hydrogen-bond acceptors (Lipinski definition) is 5. The van der Waals surface area contributed by atoms with Crippen molar-refractivity contribution in [1.29, 1.82) is 0 Å². The predicted octanol–water partition coefficient (Wildman–Crippen LogP) is 3.78. The molecule has 0 radical (unpaired) electrons. The van der Waals surface area contributed by atoms with Crippen LogP contribution in [0, 0.1) is 12.8 Å². The Hall–Kier alpha value is -3.22. The van der Waals surface area contributed by atoms with E-state index in [-0.39, 0.29) is 23.8 Å². The predicted molar refractivity (Wildman–Crippen MR) is 121 cm³/mol. The van der Waals surface area contributed by atoms with Crippen molar-refractivity contribution in [2.75, 3.05) is 18.9 Å². The molecule has 162 valence electrons. The van der Waals surface area contributed by atoms with Gasteiger partial charge in [0.05, 0.1) is 18.8 Å². The Balaban J connectivity index is 1.49. The number of rotatable bonds is 7. The first-order valence-electron chi connectivity index (χ1n) is 10.8. The molecule has 1 aliphatic heterocycles. The number of aromatic nitrogens is 4. The molecule has 1 aliphatic rings. The van der Waals surface area contributed by atoms with Crippen molar-refractivity contribution in [2.24, 2.45) is 5.92 Å². The van der Waals surface area contributed by atoms with E-state index in [1.54, 1.807) is 0 Å². The summed E-state index contributed by atoms with van der Waals surface area (Å²) >= 11 is 0. The zero-order valence-electron chi connectivity index (χ0n) is 18.6. The Morgan fingerprint density at radius 1 is 1.19 bits per heavy atom. The molecule has 1 fully saturated rings. The molecule has 1 N–H and O–H groups in total. The summed E-state index contributed by atoms with van der Waals surface area (Å²) in [6.07, 6.45) is 4.46. The molecule has 1 aromatic carbocycles. The Bertz CT molecular complexity index is 1050. The van der Waals surface area contributed by atoms with Crippen LogP contribution < -0.4 is 5.32 Å². The van der Waals surface area contributed by atoms with Gasteiger partial charge in [0.25, 0.3) is 0 Å². The Kier molecular flexibility index (Phi) is 6.02. The maximum absolute atomic E-state index is 12.5. The van der Waals surface area contributed by atoms with Gasteiger partial charge in [0, 0.05) is 55.4 Å². The van der Waals surface area contributed by atoms with Crippen LogP contribution in [0.5, 0.6) is 0 Å². The van der Waals surface area contributed by atoms with E-state index >= 15 is 0 Å². The van der Waals surface area contributed by atoms with Gasteiger partial charge in [-0.15, -0.1) is 0 Å². The number of hydrogen-bond donors (Lipinski definition) is 1. The summed E-state index contributed by atoms with van der Waals surface area (Å²) in [5.74, 6) is 2.22. The number of nitrogens with one attached hydrogen (secondary N) is 1. The maximum atomic E-state index is 12.5. The van der Waals surface area contributed by atoms with Crippen LogP contribution in [0.25, 0.3) is 0 Å². The number of likely N-dealkylation sites (tertiary alicyclic amines) is 1. The van der Waals surface area contributed by atoms with E-state index in [9.17, 15) is 4.79 Å². The molecule has 0 bridgehead atoms. The first kappa shape index (κ1) is 21.0. The van der Waals surface area contributed by atoms with Gasteiger partial charge >= 0.3 is 0 Å². The molecule has 0 saturated carbocycles. The Labute approximate surface area is 183 Å². The monoisotopic (exact) mass is 418 g/mol. The third-order valence-electron chi connectivity index (χ3n) is 5.81. The lowest BCUT2D eigenvalue weighted by Crippen LogP contribution is -2.26. The highest BCUT2D eigenvalue weighted by Gasteiger charge is 2.39. The second-order valence-corrected chi connectivity index (χ2v) is 8.66. The number of aryl methyl sites for hydroxylation is 1. The molecule has 7 nitrogen and oxygen atoms in total. The van der Waals surface area contributed by atoms with E-state index < -0.39 is 0 Å². The first-order chi connectivity index (χ1) is 14.9. The van der Waals surface area contributed by atoms with Crippen LogP contribution in [0.15, 0.2) is 48.8 Å². The second-order valence-electron chi connectivity index (χ2n) is 8.66. The second kappa shape index (κ2) is 8.88. The summed E-state index contributed by atoms with van der Waals surface area (Å²) in [7, 11) is 1.88. The highest BCUT2D eigenvalue weighted by atomic mass is 16.2. The lowest BCUT2D eigenvalue weighted by Gasteiger charge is -2.24. The summed E-state index contributed by atoms with van der Waals surface area (Å²) in [6, 6.07) is 12.2. The zero-order chi connectivity index (χ0) is 22.0.